The largest absolute Gasteiger partial charge is 0.370 e. The summed E-state index contributed by atoms with van der Waals surface area (Å²) < 4.78 is 1.69. The second-order valence-electron chi connectivity index (χ2n) is 6.95. The Morgan fingerprint density at radius 3 is 2.52 bits per heavy atom. The molecule has 1 aliphatic rings. The van der Waals surface area contributed by atoms with Gasteiger partial charge in [-0.3, -0.25) is 4.79 Å². The number of anilines is 1. The van der Waals surface area contributed by atoms with Gasteiger partial charge in [0.2, 0.25) is 0 Å². The normalized spacial score (nSPS) is 15.0. The molecule has 0 unspecified atom stereocenters. The smallest absolute Gasteiger partial charge is 0.250 e. The number of benzene rings is 1. The monoisotopic (exact) mass is 408 g/mol. The number of thiazole rings is 1. The molecule has 1 saturated heterocycles. The van der Waals surface area contributed by atoms with Crippen molar-refractivity contribution in [1.29, 1.82) is 0 Å². The maximum Gasteiger partial charge on any atom is 0.250 e. The zero-order chi connectivity index (χ0) is 20.1. The number of hydrogen-bond donors (Lipinski definition) is 1. The zero-order valence-electron chi connectivity index (χ0n) is 16.1. The highest BCUT2D eigenvalue weighted by Gasteiger charge is 2.19. The molecule has 0 amide bonds. The fourth-order valence-electron chi connectivity index (χ4n) is 3.31. The van der Waals surface area contributed by atoms with Crippen LogP contribution in [0, 0.1) is 0 Å². The number of nitrogens with two attached hydrogens (primary N) is 1. The molecule has 0 radical (unpaired) electrons. The van der Waals surface area contributed by atoms with Gasteiger partial charge in [-0.1, -0.05) is 30.3 Å². The van der Waals surface area contributed by atoms with Gasteiger partial charge in [0.15, 0.2) is 11.1 Å². The van der Waals surface area contributed by atoms with Gasteiger partial charge in [-0.25, -0.2) is 9.98 Å². The van der Waals surface area contributed by atoms with Gasteiger partial charge >= 0.3 is 0 Å². The van der Waals surface area contributed by atoms with Gasteiger partial charge < -0.3 is 20.1 Å². The standard InChI is InChI=1S/C21H24N6OS/c22-20(25-10-12-26(13-11-25)21-23-8-14-29-21)24-15-17-4-6-18(7-5-17)16-27-9-2-1-3-19(27)28/h1-9,14H,10-13,15-16H2,(H2,22,24). The topological polar surface area (TPSA) is 79.8 Å². The van der Waals surface area contributed by atoms with Crippen molar-refractivity contribution in [2.75, 3.05) is 31.1 Å². The summed E-state index contributed by atoms with van der Waals surface area (Å²) in [6.07, 6.45) is 3.64. The van der Waals surface area contributed by atoms with Gasteiger partial charge in [-0.2, -0.15) is 0 Å². The predicted molar refractivity (Wildman–Crippen MR) is 117 cm³/mol. The van der Waals surface area contributed by atoms with Crippen molar-refractivity contribution in [3.8, 4) is 0 Å². The minimum atomic E-state index is 0.00362. The van der Waals surface area contributed by atoms with E-state index >= 15 is 0 Å². The van der Waals surface area contributed by atoms with Crippen molar-refractivity contribution in [3.63, 3.8) is 0 Å². The highest BCUT2D eigenvalue weighted by molar-refractivity contribution is 7.13. The van der Waals surface area contributed by atoms with Gasteiger partial charge in [-0.05, 0) is 17.2 Å². The van der Waals surface area contributed by atoms with Crippen LogP contribution in [0.1, 0.15) is 11.1 Å². The Balaban J connectivity index is 1.31. The molecule has 0 aliphatic carbocycles. The fraction of sp³-hybridized carbons (Fsp3) is 0.286. The van der Waals surface area contributed by atoms with Gasteiger partial charge in [0.25, 0.3) is 5.56 Å². The highest BCUT2D eigenvalue weighted by Crippen LogP contribution is 2.18. The number of pyridine rings is 1. The maximum atomic E-state index is 11.8. The van der Waals surface area contributed by atoms with Crippen LogP contribution in [0.2, 0.25) is 0 Å². The van der Waals surface area contributed by atoms with Crippen LogP contribution in [0.25, 0.3) is 0 Å². The molecule has 8 heteroatoms. The lowest BCUT2D eigenvalue weighted by molar-refractivity contribution is 0.380. The summed E-state index contributed by atoms with van der Waals surface area (Å²) in [5.41, 5.74) is 8.40. The van der Waals surface area contributed by atoms with E-state index in [4.69, 9.17) is 5.73 Å². The van der Waals surface area contributed by atoms with E-state index in [-0.39, 0.29) is 5.56 Å². The van der Waals surface area contributed by atoms with E-state index in [0.717, 1.165) is 42.4 Å². The molecule has 1 fully saturated rings. The highest BCUT2D eigenvalue weighted by atomic mass is 32.1. The van der Waals surface area contributed by atoms with E-state index in [0.29, 0.717) is 19.0 Å². The van der Waals surface area contributed by atoms with Crippen LogP contribution < -0.4 is 16.2 Å². The van der Waals surface area contributed by atoms with Crippen molar-refractivity contribution in [3.05, 3.63) is 81.7 Å². The number of aliphatic imine (C=N–C) groups is 1. The third-order valence-corrected chi connectivity index (χ3v) is 5.82. The second kappa shape index (κ2) is 8.91. The van der Waals surface area contributed by atoms with Crippen LogP contribution in [-0.2, 0) is 13.1 Å². The van der Waals surface area contributed by atoms with Crippen molar-refractivity contribution < 1.29 is 0 Å². The van der Waals surface area contributed by atoms with Crippen LogP contribution in [-0.4, -0.2) is 46.6 Å². The van der Waals surface area contributed by atoms with Crippen molar-refractivity contribution >= 4 is 22.4 Å². The molecule has 29 heavy (non-hydrogen) atoms. The van der Waals surface area contributed by atoms with Gasteiger partial charge in [0.05, 0.1) is 13.1 Å². The van der Waals surface area contributed by atoms with E-state index < -0.39 is 0 Å². The summed E-state index contributed by atoms with van der Waals surface area (Å²) in [6.45, 7) is 4.60. The maximum absolute atomic E-state index is 11.8. The lowest BCUT2D eigenvalue weighted by Crippen LogP contribution is -2.51. The molecule has 0 atom stereocenters. The molecule has 4 rings (SSSR count). The summed E-state index contributed by atoms with van der Waals surface area (Å²) in [6, 6.07) is 13.3. The molecule has 150 valence electrons. The minimum Gasteiger partial charge on any atom is -0.370 e. The first-order valence-corrected chi connectivity index (χ1v) is 10.5. The van der Waals surface area contributed by atoms with E-state index in [9.17, 15) is 4.79 Å². The molecular formula is C21H24N6OS. The number of piperazine rings is 1. The van der Waals surface area contributed by atoms with Crippen LogP contribution >= 0.6 is 11.3 Å². The lowest BCUT2D eigenvalue weighted by Gasteiger charge is -2.35. The summed E-state index contributed by atoms with van der Waals surface area (Å²) in [5.74, 6) is 0.587. The van der Waals surface area contributed by atoms with E-state index in [2.05, 4.69) is 19.8 Å². The average Bonchev–Trinajstić information content (AvgIpc) is 3.30. The quantitative estimate of drug-likeness (QED) is 0.516. The molecule has 1 aromatic carbocycles. The van der Waals surface area contributed by atoms with Crippen LogP contribution in [0.15, 0.2) is 70.0 Å². The van der Waals surface area contributed by atoms with E-state index in [1.165, 1.54) is 0 Å². The van der Waals surface area contributed by atoms with Crippen LogP contribution in [0.4, 0.5) is 5.13 Å². The number of hydrogen-bond acceptors (Lipinski definition) is 5. The molecule has 0 saturated carbocycles. The summed E-state index contributed by atoms with van der Waals surface area (Å²) in [5, 5.41) is 3.07. The molecule has 7 nitrogen and oxygen atoms in total. The third kappa shape index (κ3) is 4.83. The molecule has 0 bridgehead atoms. The van der Waals surface area contributed by atoms with Gasteiger partial charge in [0.1, 0.15) is 0 Å². The molecule has 1 aliphatic heterocycles. The van der Waals surface area contributed by atoms with E-state index in [1.807, 2.05) is 41.9 Å². The first-order valence-electron chi connectivity index (χ1n) is 9.61. The first kappa shape index (κ1) is 19.2. The molecule has 2 aromatic heterocycles. The zero-order valence-corrected chi connectivity index (χ0v) is 17.0. The van der Waals surface area contributed by atoms with Crippen molar-refractivity contribution in [2.24, 2.45) is 10.7 Å². The van der Waals surface area contributed by atoms with Gasteiger partial charge in [-0.15, -0.1) is 11.3 Å². The van der Waals surface area contributed by atoms with Crippen molar-refractivity contribution in [1.82, 2.24) is 14.5 Å². The Hall–Kier alpha value is -3.13. The summed E-state index contributed by atoms with van der Waals surface area (Å²) in [4.78, 5) is 25.2. The number of guanidine groups is 1. The fourth-order valence-corrected chi connectivity index (χ4v) is 4.01. The Morgan fingerprint density at radius 2 is 1.83 bits per heavy atom. The molecule has 0 spiro atoms. The number of rotatable bonds is 5. The number of nitrogens with zero attached hydrogens (tertiary/aromatic N) is 5. The first-order chi connectivity index (χ1) is 14.2. The van der Waals surface area contributed by atoms with Crippen LogP contribution in [0.5, 0.6) is 0 Å². The Bertz CT molecular complexity index is 1000. The molecule has 3 heterocycles. The Morgan fingerprint density at radius 1 is 1.07 bits per heavy atom. The lowest BCUT2D eigenvalue weighted by atomic mass is 10.1. The Kier molecular flexibility index (Phi) is 5.90. The average molecular weight is 409 g/mol. The molecular weight excluding hydrogens is 384 g/mol. The van der Waals surface area contributed by atoms with Crippen LogP contribution in [0.3, 0.4) is 0 Å². The molecule has 2 N–H and O–H groups in total. The summed E-state index contributed by atoms with van der Waals surface area (Å²) in [7, 11) is 0. The second-order valence-corrected chi connectivity index (χ2v) is 7.82. The van der Waals surface area contributed by atoms with E-state index in [1.54, 1.807) is 34.2 Å². The third-order valence-electron chi connectivity index (χ3n) is 4.99. The SMILES string of the molecule is NC(=NCc1ccc(Cn2ccccc2=O)cc1)N1CCN(c2nccs2)CC1. The number of aromatic nitrogens is 2. The van der Waals surface area contributed by atoms with Crippen molar-refractivity contribution in [2.45, 2.75) is 13.1 Å². The predicted octanol–water partition coefficient (Wildman–Crippen LogP) is 1.99. The van der Waals surface area contributed by atoms with Gasteiger partial charge in [0, 0.05) is 50.0 Å². The minimum absolute atomic E-state index is 0.00362. The summed E-state index contributed by atoms with van der Waals surface area (Å²) >= 11 is 1.66. The molecule has 3 aromatic rings. The Labute approximate surface area is 173 Å².